The average molecular weight is 198 g/mol. The monoisotopic (exact) mass is 198 g/mol. The van der Waals surface area contributed by atoms with Crippen molar-refractivity contribution in [3.8, 4) is 0 Å². The molecular weight excluding hydrogens is 180 g/mol. The van der Waals surface area contributed by atoms with Crippen molar-refractivity contribution in [1.82, 2.24) is 10.2 Å². The minimum atomic E-state index is -0.304. The molecule has 2 aliphatic rings. The number of hydrogen-bond acceptors (Lipinski definition) is 3. The molecular formula is C10H18N2O2. The zero-order chi connectivity index (χ0) is 9.97. The van der Waals surface area contributed by atoms with Crippen molar-refractivity contribution in [3.05, 3.63) is 0 Å². The first-order valence-corrected chi connectivity index (χ1v) is 5.45. The molecule has 0 unspecified atom stereocenters. The van der Waals surface area contributed by atoms with Gasteiger partial charge in [0.2, 0.25) is 5.91 Å². The zero-order valence-corrected chi connectivity index (χ0v) is 8.41. The molecule has 4 heteroatoms. The molecule has 2 N–H and O–H groups in total. The number of carbonyl (C=O) groups is 1. The number of β-amino-alcohol motifs (C(OH)–C–C–N with tert-alkyl or cyclic N) is 1. The average Bonchev–Trinajstić information content (AvgIpc) is 2.69. The summed E-state index contributed by atoms with van der Waals surface area (Å²) in [6.45, 7) is 3.12. The fourth-order valence-electron chi connectivity index (χ4n) is 2.28. The van der Waals surface area contributed by atoms with Crippen LogP contribution in [-0.2, 0) is 4.79 Å². The summed E-state index contributed by atoms with van der Waals surface area (Å²) in [7, 11) is 0. The first-order valence-electron chi connectivity index (χ1n) is 5.45. The lowest BCUT2D eigenvalue weighted by Crippen LogP contribution is -2.45. The predicted octanol–water partition coefficient (Wildman–Crippen LogP) is -0.421. The van der Waals surface area contributed by atoms with Gasteiger partial charge in [-0.25, -0.2) is 0 Å². The third kappa shape index (κ3) is 2.07. The Morgan fingerprint density at radius 2 is 2.29 bits per heavy atom. The third-order valence-corrected chi connectivity index (χ3v) is 3.12. The summed E-state index contributed by atoms with van der Waals surface area (Å²) in [6.07, 6.45) is 2.42. The van der Waals surface area contributed by atoms with Gasteiger partial charge in [0.05, 0.1) is 12.0 Å². The molecule has 0 aromatic heterocycles. The topological polar surface area (TPSA) is 52.6 Å². The molecule has 80 valence electrons. The highest BCUT2D eigenvalue weighted by molar-refractivity contribution is 5.79. The Bertz CT molecular complexity index is 214. The van der Waals surface area contributed by atoms with E-state index in [0.717, 1.165) is 38.9 Å². The minimum Gasteiger partial charge on any atom is -0.391 e. The molecule has 14 heavy (non-hydrogen) atoms. The van der Waals surface area contributed by atoms with Gasteiger partial charge in [-0.3, -0.25) is 4.79 Å². The number of piperidine rings is 1. The van der Waals surface area contributed by atoms with Crippen LogP contribution in [0.3, 0.4) is 0 Å². The molecule has 2 aliphatic heterocycles. The van der Waals surface area contributed by atoms with Gasteiger partial charge in [0.15, 0.2) is 0 Å². The maximum Gasteiger partial charge on any atom is 0.227 e. The van der Waals surface area contributed by atoms with Crippen LogP contribution in [0.4, 0.5) is 0 Å². The summed E-state index contributed by atoms with van der Waals surface area (Å²) in [5, 5.41) is 12.7. The second-order valence-electron chi connectivity index (χ2n) is 4.27. The first kappa shape index (κ1) is 9.93. The predicted molar refractivity (Wildman–Crippen MR) is 52.8 cm³/mol. The van der Waals surface area contributed by atoms with Crippen molar-refractivity contribution in [2.75, 3.05) is 26.2 Å². The minimum absolute atomic E-state index is 0.153. The third-order valence-electron chi connectivity index (χ3n) is 3.12. The maximum absolute atomic E-state index is 11.9. The van der Waals surface area contributed by atoms with Crippen LogP contribution in [-0.4, -0.2) is 48.2 Å². The van der Waals surface area contributed by atoms with E-state index < -0.39 is 0 Å². The quantitative estimate of drug-likeness (QED) is 0.601. The summed E-state index contributed by atoms with van der Waals surface area (Å²) < 4.78 is 0. The van der Waals surface area contributed by atoms with E-state index in [0.29, 0.717) is 6.54 Å². The second kappa shape index (κ2) is 4.28. The van der Waals surface area contributed by atoms with Crippen molar-refractivity contribution in [2.45, 2.75) is 25.4 Å². The molecule has 2 rings (SSSR count). The highest BCUT2D eigenvalue weighted by atomic mass is 16.3. The number of nitrogens with one attached hydrogen (secondary N) is 1. The van der Waals surface area contributed by atoms with Gasteiger partial charge in [0.25, 0.3) is 0 Å². The first-order chi connectivity index (χ1) is 6.77. The molecule has 0 bridgehead atoms. The second-order valence-corrected chi connectivity index (χ2v) is 4.27. The number of amides is 1. The molecule has 0 aliphatic carbocycles. The van der Waals surface area contributed by atoms with Crippen LogP contribution in [0.2, 0.25) is 0 Å². The van der Waals surface area contributed by atoms with Gasteiger partial charge in [-0.2, -0.15) is 0 Å². The lowest BCUT2D eigenvalue weighted by atomic mass is 10.0. The molecule has 0 saturated carbocycles. The summed E-state index contributed by atoms with van der Waals surface area (Å²) in [6, 6.07) is 0. The molecule has 0 radical (unpaired) electrons. The number of carbonyl (C=O) groups excluding carboxylic acids is 1. The number of rotatable bonds is 1. The summed E-state index contributed by atoms with van der Waals surface area (Å²) in [5.41, 5.74) is 0. The molecule has 0 aromatic carbocycles. The van der Waals surface area contributed by atoms with E-state index in [1.807, 2.05) is 4.90 Å². The SMILES string of the molecule is O=C([C@@H]1CCNC1)N1CCC[C@@H](O)C1. The zero-order valence-electron chi connectivity index (χ0n) is 8.41. The fourth-order valence-corrected chi connectivity index (χ4v) is 2.28. The normalized spacial score (nSPS) is 33.4. The van der Waals surface area contributed by atoms with Crippen LogP contribution in [0.1, 0.15) is 19.3 Å². The number of hydrogen-bond donors (Lipinski definition) is 2. The Kier molecular flexibility index (Phi) is 3.03. The Labute approximate surface area is 84.3 Å². The van der Waals surface area contributed by atoms with E-state index in [1.54, 1.807) is 0 Å². The van der Waals surface area contributed by atoms with Gasteiger partial charge in [-0.1, -0.05) is 0 Å². The summed E-state index contributed by atoms with van der Waals surface area (Å²) in [5.74, 6) is 0.383. The lowest BCUT2D eigenvalue weighted by molar-refractivity contribution is -0.137. The summed E-state index contributed by atoms with van der Waals surface area (Å²) >= 11 is 0. The van der Waals surface area contributed by atoms with Crippen molar-refractivity contribution in [2.24, 2.45) is 5.92 Å². The van der Waals surface area contributed by atoms with Gasteiger partial charge < -0.3 is 15.3 Å². The highest BCUT2D eigenvalue weighted by Crippen LogP contribution is 2.16. The standard InChI is InChI=1S/C10H18N2O2/c13-9-2-1-5-12(7-9)10(14)8-3-4-11-6-8/h8-9,11,13H,1-7H2/t8-,9-/m1/s1. The van der Waals surface area contributed by atoms with E-state index in [9.17, 15) is 9.90 Å². The molecule has 2 heterocycles. The number of nitrogens with zero attached hydrogens (tertiary/aromatic N) is 1. The van der Waals surface area contributed by atoms with Crippen molar-refractivity contribution < 1.29 is 9.90 Å². The molecule has 2 atom stereocenters. The smallest absolute Gasteiger partial charge is 0.227 e. The maximum atomic E-state index is 11.9. The van der Waals surface area contributed by atoms with Crippen molar-refractivity contribution in [1.29, 1.82) is 0 Å². The van der Waals surface area contributed by atoms with Gasteiger partial charge in [0.1, 0.15) is 0 Å². The Morgan fingerprint density at radius 3 is 2.93 bits per heavy atom. The van der Waals surface area contributed by atoms with Crippen LogP contribution >= 0.6 is 0 Å². The van der Waals surface area contributed by atoms with Gasteiger partial charge in [0, 0.05) is 19.6 Å². The van der Waals surface area contributed by atoms with Crippen molar-refractivity contribution in [3.63, 3.8) is 0 Å². The molecule has 2 saturated heterocycles. The number of likely N-dealkylation sites (tertiary alicyclic amines) is 1. The van der Waals surface area contributed by atoms with E-state index in [-0.39, 0.29) is 17.9 Å². The van der Waals surface area contributed by atoms with Gasteiger partial charge in [-0.15, -0.1) is 0 Å². The Balaban J connectivity index is 1.89. The van der Waals surface area contributed by atoms with E-state index in [4.69, 9.17) is 0 Å². The lowest BCUT2D eigenvalue weighted by Gasteiger charge is -2.31. The Morgan fingerprint density at radius 1 is 1.43 bits per heavy atom. The number of aliphatic hydroxyl groups is 1. The van der Waals surface area contributed by atoms with Gasteiger partial charge in [-0.05, 0) is 25.8 Å². The number of aliphatic hydroxyl groups excluding tert-OH is 1. The van der Waals surface area contributed by atoms with E-state index in [2.05, 4.69) is 5.32 Å². The van der Waals surface area contributed by atoms with Crippen LogP contribution in [0.25, 0.3) is 0 Å². The van der Waals surface area contributed by atoms with Crippen LogP contribution < -0.4 is 5.32 Å². The molecule has 2 fully saturated rings. The fraction of sp³-hybridized carbons (Fsp3) is 0.900. The Hall–Kier alpha value is -0.610. The molecule has 4 nitrogen and oxygen atoms in total. The van der Waals surface area contributed by atoms with E-state index >= 15 is 0 Å². The van der Waals surface area contributed by atoms with Crippen molar-refractivity contribution >= 4 is 5.91 Å². The largest absolute Gasteiger partial charge is 0.391 e. The molecule has 1 amide bonds. The molecule has 0 spiro atoms. The van der Waals surface area contributed by atoms with Crippen LogP contribution in [0, 0.1) is 5.92 Å². The van der Waals surface area contributed by atoms with Crippen LogP contribution in [0.5, 0.6) is 0 Å². The van der Waals surface area contributed by atoms with Crippen LogP contribution in [0.15, 0.2) is 0 Å². The molecule has 0 aromatic rings. The summed E-state index contributed by atoms with van der Waals surface area (Å²) in [4.78, 5) is 13.7. The van der Waals surface area contributed by atoms with Gasteiger partial charge >= 0.3 is 0 Å². The highest BCUT2D eigenvalue weighted by Gasteiger charge is 2.29. The van der Waals surface area contributed by atoms with E-state index in [1.165, 1.54) is 0 Å².